The molecule has 1 atom stereocenters. The van der Waals surface area contributed by atoms with Gasteiger partial charge in [-0.1, -0.05) is 23.7 Å². The first-order chi connectivity index (χ1) is 14.7. The van der Waals surface area contributed by atoms with Crippen molar-refractivity contribution in [1.82, 2.24) is 4.31 Å². The quantitative estimate of drug-likeness (QED) is 0.456. The lowest BCUT2D eigenvalue weighted by Crippen LogP contribution is -2.48. The van der Waals surface area contributed by atoms with E-state index in [4.69, 9.17) is 21.1 Å². The zero-order valence-electron chi connectivity index (χ0n) is 17.3. The van der Waals surface area contributed by atoms with Gasteiger partial charge in [-0.2, -0.15) is 4.31 Å². The van der Waals surface area contributed by atoms with Crippen molar-refractivity contribution in [3.05, 3.63) is 58.6 Å². The number of halogens is 1. The van der Waals surface area contributed by atoms with Gasteiger partial charge >= 0.3 is 5.97 Å². The van der Waals surface area contributed by atoms with Gasteiger partial charge in [-0.15, -0.1) is 0 Å². The van der Waals surface area contributed by atoms with Gasteiger partial charge in [0.15, 0.2) is 5.78 Å². The SMILES string of the molecule is COc1ccc(Cl)cc1COC(=O)C1CCCCN1S(=O)(=O)c1ccc(C(C)=O)cc1. The number of methoxy groups -OCH3 is 1. The van der Waals surface area contributed by atoms with Crippen molar-refractivity contribution in [3.8, 4) is 5.75 Å². The second kappa shape index (κ2) is 9.80. The lowest BCUT2D eigenvalue weighted by atomic mass is 10.1. The summed E-state index contributed by atoms with van der Waals surface area (Å²) in [6.07, 6.45) is 1.74. The van der Waals surface area contributed by atoms with Crippen LogP contribution in [0, 0.1) is 0 Å². The fourth-order valence-corrected chi connectivity index (χ4v) is 5.37. The number of carbonyl (C=O) groups is 2. The van der Waals surface area contributed by atoms with Crippen molar-refractivity contribution in [2.24, 2.45) is 0 Å². The molecule has 1 heterocycles. The molecule has 31 heavy (non-hydrogen) atoms. The van der Waals surface area contributed by atoms with Gasteiger partial charge in [0.25, 0.3) is 0 Å². The van der Waals surface area contributed by atoms with E-state index in [9.17, 15) is 18.0 Å². The van der Waals surface area contributed by atoms with Crippen molar-refractivity contribution in [2.75, 3.05) is 13.7 Å². The molecule has 2 aromatic carbocycles. The lowest BCUT2D eigenvalue weighted by Gasteiger charge is -2.33. The van der Waals surface area contributed by atoms with Gasteiger partial charge in [-0.05, 0) is 56.5 Å². The third-order valence-corrected chi connectivity index (χ3v) is 7.36. The van der Waals surface area contributed by atoms with Crippen molar-refractivity contribution in [2.45, 2.75) is 43.7 Å². The minimum Gasteiger partial charge on any atom is -0.496 e. The van der Waals surface area contributed by atoms with Crippen molar-refractivity contribution >= 4 is 33.4 Å². The highest BCUT2D eigenvalue weighted by molar-refractivity contribution is 7.89. The first kappa shape index (κ1) is 23.2. The highest BCUT2D eigenvalue weighted by Crippen LogP contribution is 2.28. The summed E-state index contributed by atoms with van der Waals surface area (Å²) in [5.74, 6) is -0.249. The minimum absolute atomic E-state index is 0.0358. The summed E-state index contributed by atoms with van der Waals surface area (Å²) in [5.41, 5.74) is 1.01. The normalized spacial score (nSPS) is 17.2. The average molecular weight is 466 g/mol. The summed E-state index contributed by atoms with van der Waals surface area (Å²) in [4.78, 5) is 24.3. The van der Waals surface area contributed by atoms with Crippen molar-refractivity contribution < 1.29 is 27.5 Å². The van der Waals surface area contributed by atoms with Crippen molar-refractivity contribution in [1.29, 1.82) is 0 Å². The van der Waals surface area contributed by atoms with Crippen LogP contribution in [0.3, 0.4) is 0 Å². The van der Waals surface area contributed by atoms with E-state index in [0.717, 1.165) is 6.42 Å². The molecule has 1 aliphatic heterocycles. The molecule has 1 fully saturated rings. The van der Waals surface area contributed by atoms with Gasteiger partial charge in [-0.3, -0.25) is 9.59 Å². The molecule has 9 heteroatoms. The van der Waals surface area contributed by atoms with Gasteiger partial charge < -0.3 is 9.47 Å². The predicted molar refractivity (Wildman–Crippen MR) is 116 cm³/mol. The predicted octanol–water partition coefficient (Wildman–Crippen LogP) is 3.84. The Morgan fingerprint density at radius 1 is 1.13 bits per heavy atom. The molecule has 3 rings (SSSR count). The number of sulfonamides is 1. The molecule has 0 saturated carbocycles. The number of esters is 1. The Balaban J connectivity index is 1.79. The molecular weight excluding hydrogens is 442 g/mol. The maximum absolute atomic E-state index is 13.2. The zero-order chi connectivity index (χ0) is 22.6. The Morgan fingerprint density at radius 2 is 1.84 bits per heavy atom. The average Bonchev–Trinajstić information content (AvgIpc) is 2.77. The minimum atomic E-state index is -3.93. The molecule has 1 aliphatic rings. The number of rotatable bonds is 7. The van der Waals surface area contributed by atoms with E-state index >= 15 is 0 Å². The van der Waals surface area contributed by atoms with E-state index in [1.165, 1.54) is 42.6 Å². The summed E-state index contributed by atoms with van der Waals surface area (Å²) in [6.45, 7) is 1.55. The molecule has 0 aromatic heterocycles. The Morgan fingerprint density at radius 3 is 2.48 bits per heavy atom. The van der Waals surface area contributed by atoms with Gasteiger partial charge in [0.1, 0.15) is 18.4 Å². The number of hydrogen-bond acceptors (Lipinski definition) is 6. The number of carbonyl (C=O) groups excluding carboxylic acids is 2. The molecule has 0 bridgehead atoms. The number of ether oxygens (including phenoxy) is 2. The molecule has 7 nitrogen and oxygen atoms in total. The third-order valence-electron chi connectivity index (χ3n) is 5.21. The van der Waals surface area contributed by atoms with Crippen LogP contribution >= 0.6 is 11.6 Å². The molecule has 0 N–H and O–H groups in total. The number of Topliss-reactive ketones (excluding diaryl/α,β-unsaturated/α-hetero) is 1. The van der Waals surface area contributed by atoms with Gasteiger partial charge in [0.2, 0.25) is 10.0 Å². The first-order valence-corrected chi connectivity index (χ1v) is 11.7. The van der Waals surface area contributed by atoms with Crippen LogP contribution in [0.1, 0.15) is 42.1 Å². The zero-order valence-corrected chi connectivity index (χ0v) is 18.9. The Labute approximate surface area is 187 Å². The second-order valence-electron chi connectivity index (χ2n) is 7.27. The molecular formula is C22H24ClNO6S. The number of benzene rings is 2. The second-order valence-corrected chi connectivity index (χ2v) is 9.60. The molecule has 0 aliphatic carbocycles. The van der Waals surface area contributed by atoms with E-state index in [1.54, 1.807) is 18.2 Å². The van der Waals surface area contributed by atoms with Crippen LogP contribution in [-0.2, 0) is 26.2 Å². The number of nitrogens with zero attached hydrogens (tertiary/aromatic N) is 1. The molecule has 2 aromatic rings. The number of piperidine rings is 1. The lowest BCUT2D eigenvalue weighted by molar-refractivity contribution is -0.150. The summed E-state index contributed by atoms with van der Waals surface area (Å²) in [6, 6.07) is 9.78. The van der Waals surface area contributed by atoms with E-state index in [-0.39, 0.29) is 23.8 Å². The smallest absolute Gasteiger partial charge is 0.324 e. The molecule has 0 radical (unpaired) electrons. The topological polar surface area (TPSA) is 90.0 Å². The van der Waals surface area contributed by atoms with Crippen LogP contribution in [-0.4, -0.2) is 44.2 Å². The van der Waals surface area contributed by atoms with Gasteiger partial charge in [0, 0.05) is 22.7 Å². The Bertz CT molecular complexity index is 1070. The Kier molecular flexibility index (Phi) is 7.35. The van der Waals surface area contributed by atoms with Crippen LogP contribution < -0.4 is 4.74 Å². The van der Waals surface area contributed by atoms with Crippen LogP contribution in [0.15, 0.2) is 47.4 Å². The fourth-order valence-electron chi connectivity index (χ4n) is 3.53. The number of ketones is 1. The first-order valence-electron chi connectivity index (χ1n) is 9.86. The van der Waals surface area contributed by atoms with E-state index in [0.29, 0.717) is 34.7 Å². The summed E-state index contributed by atoms with van der Waals surface area (Å²) >= 11 is 6.01. The Hall–Kier alpha value is -2.42. The summed E-state index contributed by atoms with van der Waals surface area (Å²) < 4.78 is 38.3. The van der Waals surface area contributed by atoms with E-state index in [1.807, 2.05) is 0 Å². The number of hydrogen-bond donors (Lipinski definition) is 0. The van der Waals surface area contributed by atoms with Crippen LogP contribution in [0.2, 0.25) is 5.02 Å². The highest BCUT2D eigenvalue weighted by Gasteiger charge is 2.38. The van der Waals surface area contributed by atoms with Crippen LogP contribution in [0.25, 0.3) is 0 Å². The molecule has 1 unspecified atom stereocenters. The highest BCUT2D eigenvalue weighted by atomic mass is 35.5. The monoisotopic (exact) mass is 465 g/mol. The maximum atomic E-state index is 13.2. The van der Waals surface area contributed by atoms with Gasteiger partial charge in [0.05, 0.1) is 12.0 Å². The van der Waals surface area contributed by atoms with Crippen LogP contribution in [0.4, 0.5) is 0 Å². The fraction of sp³-hybridized carbons (Fsp3) is 0.364. The van der Waals surface area contributed by atoms with Crippen LogP contribution in [0.5, 0.6) is 5.75 Å². The van der Waals surface area contributed by atoms with E-state index < -0.39 is 22.0 Å². The summed E-state index contributed by atoms with van der Waals surface area (Å²) in [7, 11) is -2.42. The van der Waals surface area contributed by atoms with Crippen molar-refractivity contribution in [3.63, 3.8) is 0 Å². The summed E-state index contributed by atoms with van der Waals surface area (Å²) in [5, 5.41) is 0.475. The molecule has 166 valence electrons. The maximum Gasteiger partial charge on any atom is 0.324 e. The molecule has 0 amide bonds. The van der Waals surface area contributed by atoms with Gasteiger partial charge in [-0.25, -0.2) is 8.42 Å². The molecule has 1 saturated heterocycles. The standard InChI is InChI=1S/C22H24ClNO6S/c1-15(25)16-6-9-19(10-7-16)31(27,28)24-12-4-3-5-20(24)22(26)30-14-17-13-18(23)8-11-21(17)29-2/h6-11,13,20H,3-5,12,14H2,1-2H3. The third kappa shape index (κ3) is 5.26. The molecule has 0 spiro atoms. The largest absolute Gasteiger partial charge is 0.496 e. The van der Waals surface area contributed by atoms with E-state index in [2.05, 4.69) is 0 Å².